The van der Waals surface area contributed by atoms with Crippen LogP contribution in [0.15, 0.2) is 42.5 Å². The summed E-state index contributed by atoms with van der Waals surface area (Å²) < 4.78 is 16.4. The molecule has 0 aliphatic carbocycles. The molecule has 0 radical (unpaired) electrons. The molecule has 0 saturated heterocycles. The molecule has 6 heteroatoms. The first-order chi connectivity index (χ1) is 12.6. The molecule has 2 aromatic rings. The number of carbonyl (C=O) groups is 1. The van der Waals surface area contributed by atoms with Gasteiger partial charge in [-0.2, -0.15) is 0 Å². The highest BCUT2D eigenvalue weighted by Gasteiger charge is 2.20. The molecule has 1 atom stereocenters. The first kappa shape index (κ1) is 18.1. The molecule has 1 aliphatic rings. The van der Waals surface area contributed by atoms with Crippen LogP contribution in [0.4, 0.5) is 5.69 Å². The van der Waals surface area contributed by atoms with Crippen LogP contribution in [0.5, 0.6) is 17.2 Å². The Balaban J connectivity index is 1.63. The number of fused-ring (bicyclic) bond motifs is 1. The van der Waals surface area contributed by atoms with Gasteiger partial charge in [-0.05, 0) is 43.8 Å². The maximum Gasteiger partial charge on any atom is 0.241 e. The highest BCUT2D eigenvalue weighted by molar-refractivity contribution is 5.95. The van der Waals surface area contributed by atoms with Crippen LogP contribution in [0, 0.1) is 0 Å². The van der Waals surface area contributed by atoms with E-state index in [0.717, 1.165) is 17.1 Å². The minimum absolute atomic E-state index is 0.0884. The molecule has 1 N–H and O–H groups in total. The number of hydrogen-bond acceptors (Lipinski definition) is 5. The van der Waals surface area contributed by atoms with E-state index in [4.69, 9.17) is 14.2 Å². The van der Waals surface area contributed by atoms with E-state index in [9.17, 15) is 4.79 Å². The van der Waals surface area contributed by atoms with Crippen LogP contribution in [0.1, 0.15) is 12.5 Å². The van der Waals surface area contributed by atoms with Gasteiger partial charge in [0.25, 0.3) is 0 Å². The first-order valence-corrected chi connectivity index (χ1v) is 8.61. The highest BCUT2D eigenvalue weighted by Crippen LogP contribution is 2.31. The fourth-order valence-corrected chi connectivity index (χ4v) is 2.80. The van der Waals surface area contributed by atoms with Crippen LogP contribution >= 0.6 is 0 Å². The van der Waals surface area contributed by atoms with Gasteiger partial charge < -0.3 is 19.5 Å². The highest BCUT2D eigenvalue weighted by atomic mass is 16.6. The van der Waals surface area contributed by atoms with Crippen molar-refractivity contribution in [2.24, 2.45) is 0 Å². The summed E-state index contributed by atoms with van der Waals surface area (Å²) in [4.78, 5) is 14.6. The molecule has 0 saturated carbocycles. The Bertz CT molecular complexity index is 778. The van der Waals surface area contributed by atoms with E-state index in [0.29, 0.717) is 31.2 Å². The molecule has 138 valence electrons. The number of rotatable bonds is 6. The van der Waals surface area contributed by atoms with Crippen LogP contribution in [-0.2, 0) is 11.3 Å². The normalized spacial score (nSPS) is 14.0. The van der Waals surface area contributed by atoms with Crippen LogP contribution in [0.25, 0.3) is 0 Å². The summed E-state index contributed by atoms with van der Waals surface area (Å²) in [5, 5.41) is 2.93. The first-order valence-electron chi connectivity index (χ1n) is 8.61. The van der Waals surface area contributed by atoms with E-state index in [-0.39, 0.29) is 11.9 Å². The average Bonchev–Trinajstić information content (AvgIpc) is 2.67. The van der Waals surface area contributed by atoms with Crippen molar-refractivity contribution in [3.05, 3.63) is 48.0 Å². The zero-order valence-electron chi connectivity index (χ0n) is 15.3. The molecular formula is C20H24N2O4. The lowest BCUT2D eigenvalue weighted by Crippen LogP contribution is -2.39. The van der Waals surface area contributed by atoms with Crippen molar-refractivity contribution in [1.29, 1.82) is 0 Å². The second kappa shape index (κ2) is 8.10. The van der Waals surface area contributed by atoms with Gasteiger partial charge in [-0.25, -0.2) is 0 Å². The number of carbonyl (C=O) groups excluding carboxylic acids is 1. The summed E-state index contributed by atoms with van der Waals surface area (Å²) in [7, 11) is 3.51. The largest absolute Gasteiger partial charge is 0.495 e. The van der Waals surface area contributed by atoms with Crippen LogP contribution in [0.3, 0.4) is 0 Å². The van der Waals surface area contributed by atoms with Crippen molar-refractivity contribution in [2.75, 3.05) is 32.7 Å². The smallest absolute Gasteiger partial charge is 0.241 e. The summed E-state index contributed by atoms with van der Waals surface area (Å²) >= 11 is 0. The van der Waals surface area contributed by atoms with E-state index in [1.54, 1.807) is 7.11 Å². The van der Waals surface area contributed by atoms with Gasteiger partial charge in [0.2, 0.25) is 5.91 Å². The predicted octanol–water partition coefficient (Wildman–Crippen LogP) is 2.93. The number of benzene rings is 2. The minimum Gasteiger partial charge on any atom is -0.495 e. The monoisotopic (exact) mass is 356 g/mol. The quantitative estimate of drug-likeness (QED) is 0.862. The van der Waals surface area contributed by atoms with Crippen LogP contribution in [-0.4, -0.2) is 44.2 Å². The molecule has 1 heterocycles. The molecule has 0 bridgehead atoms. The Morgan fingerprint density at radius 1 is 1.19 bits per heavy atom. The van der Waals surface area contributed by atoms with Gasteiger partial charge in [0, 0.05) is 6.54 Å². The lowest BCUT2D eigenvalue weighted by molar-refractivity contribution is -0.120. The molecular weight excluding hydrogens is 332 g/mol. The van der Waals surface area contributed by atoms with Gasteiger partial charge >= 0.3 is 0 Å². The summed E-state index contributed by atoms with van der Waals surface area (Å²) in [6, 6.07) is 12.9. The van der Waals surface area contributed by atoms with Crippen molar-refractivity contribution in [2.45, 2.75) is 19.5 Å². The Hall–Kier alpha value is -2.73. The van der Waals surface area contributed by atoms with E-state index in [2.05, 4.69) is 5.32 Å². The molecule has 2 aromatic carbocycles. The number of likely N-dealkylation sites (N-methyl/N-ethyl adjacent to an activating group) is 1. The number of amides is 1. The number of methoxy groups -OCH3 is 1. The van der Waals surface area contributed by atoms with E-state index in [1.807, 2.05) is 61.3 Å². The topological polar surface area (TPSA) is 60.0 Å². The molecule has 1 amide bonds. The lowest BCUT2D eigenvalue weighted by atomic mass is 10.1. The molecule has 3 rings (SSSR count). The Kier molecular flexibility index (Phi) is 5.63. The predicted molar refractivity (Wildman–Crippen MR) is 100.0 cm³/mol. The van der Waals surface area contributed by atoms with Crippen molar-refractivity contribution < 1.29 is 19.0 Å². The number of para-hydroxylation sites is 2. The fraction of sp³-hybridized carbons (Fsp3) is 0.350. The van der Waals surface area contributed by atoms with Gasteiger partial charge in [0.15, 0.2) is 11.5 Å². The van der Waals surface area contributed by atoms with Crippen molar-refractivity contribution in [3.63, 3.8) is 0 Å². The van der Waals surface area contributed by atoms with Gasteiger partial charge in [-0.1, -0.05) is 18.2 Å². The lowest BCUT2D eigenvalue weighted by Gasteiger charge is -2.25. The summed E-state index contributed by atoms with van der Waals surface area (Å²) in [6.07, 6.45) is 0. The fourth-order valence-electron chi connectivity index (χ4n) is 2.80. The standard InChI is InChI=1S/C20H24N2O4/c1-14(20(23)21-16-6-4-5-7-17(16)24-3)22(2)13-15-8-9-18-19(12-15)26-11-10-25-18/h4-9,12,14H,10-11,13H2,1-3H3,(H,21,23)/t14-/m1/s1. The minimum atomic E-state index is -0.312. The third kappa shape index (κ3) is 4.08. The number of ether oxygens (including phenoxy) is 3. The summed E-state index contributed by atoms with van der Waals surface area (Å²) in [6.45, 7) is 3.64. The van der Waals surface area contributed by atoms with Gasteiger partial charge in [0.1, 0.15) is 19.0 Å². The average molecular weight is 356 g/mol. The molecule has 0 fully saturated rings. The Labute approximate surface area is 153 Å². The zero-order chi connectivity index (χ0) is 18.5. The molecule has 6 nitrogen and oxygen atoms in total. The number of nitrogens with zero attached hydrogens (tertiary/aromatic N) is 1. The van der Waals surface area contributed by atoms with Crippen LogP contribution in [0.2, 0.25) is 0 Å². The Morgan fingerprint density at radius 2 is 1.92 bits per heavy atom. The summed E-state index contributed by atoms with van der Waals surface area (Å²) in [5.74, 6) is 2.08. The third-order valence-electron chi connectivity index (χ3n) is 4.44. The number of nitrogens with one attached hydrogen (secondary N) is 1. The van der Waals surface area contributed by atoms with Gasteiger partial charge in [-0.3, -0.25) is 9.69 Å². The maximum atomic E-state index is 12.6. The van der Waals surface area contributed by atoms with E-state index in [1.165, 1.54) is 0 Å². The van der Waals surface area contributed by atoms with Crippen molar-refractivity contribution in [1.82, 2.24) is 4.90 Å². The van der Waals surface area contributed by atoms with E-state index < -0.39 is 0 Å². The maximum absolute atomic E-state index is 12.6. The third-order valence-corrected chi connectivity index (χ3v) is 4.44. The van der Waals surface area contributed by atoms with Crippen LogP contribution < -0.4 is 19.5 Å². The van der Waals surface area contributed by atoms with Crippen molar-refractivity contribution >= 4 is 11.6 Å². The summed E-state index contributed by atoms with van der Waals surface area (Å²) in [5.41, 5.74) is 1.73. The molecule has 0 spiro atoms. The number of hydrogen-bond donors (Lipinski definition) is 1. The number of anilines is 1. The second-order valence-corrected chi connectivity index (χ2v) is 6.26. The second-order valence-electron chi connectivity index (χ2n) is 6.26. The molecule has 1 aliphatic heterocycles. The molecule has 0 unspecified atom stereocenters. The van der Waals surface area contributed by atoms with Gasteiger partial charge in [0.05, 0.1) is 18.8 Å². The van der Waals surface area contributed by atoms with Gasteiger partial charge in [-0.15, -0.1) is 0 Å². The SMILES string of the molecule is COc1ccccc1NC(=O)[C@@H](C)N(C)Cc1ccc2c(c1)OCCO2. The zero-order valence-corrected chi connectivity index (χ0v) is 15.3. The Morgan fingerprint density at radius 3 is 2.69 bits per heavy atom. The molecule has 26 heavy (non-hydrogen) atoms. The van der Waals surface area contributed by atoms with Crippen molar-refractivity contribution in [3.8, 4) is 17.2 Å². The van der Waals surface area contributed by atoms with E-state index >= 15 is 0 Å². The molecule has 0 aromatic heterocycles.